The van der Waals surface area contributed by atoms with Crippen molar-refractivity contribution in [1.82, 2.24) is 5.32 Å². The maximum atomic E-state index is 12.2. The molecule has 0 fully saturated rings. The van der Waals surface area contributed by atoms with E-state index in [1.807, 2.05) is 24.3 Å². The summed E-state index contributed by atoms with van der Waals surface area (Å²) < 4.78 is 5.58. The zero-order valence-corrected chi connectivity index (χ0v) is 16.8. The second-order valence-corrected chi connectivity index (χ2v) is 7.10. The minimum atomic E-state index is 0.0520. The summed E-state index contributed by atoms with van der Waals surface area (Å²) in [6, 6.07) is 22.6. The van der Waals surface area contributed by atoms with Crippen molar-refractivity contribution < 1.29 is 9.53 Å². The minimum Gasteiger partial charge on any atom is -0.496 e. The van der Waals surface area contributed by atoms with Gasteiger partial charge >= 0.3 is 0 Å². The number of carbonyl (C=O) groups excluding carboxylic acids is 1. The van der Waals surface area contributed by atoms with Gasteiger partial charge in [0.15, 0.2) is 0 Å². The Hall–Kier alpha value is -3.07. The summed E-state index contributed by atoms with van der Waals surface area (Å²) >= 11 is 0. The lowest BCUT2D eigenvalue weighted by Crippen LogP contribution is -2.27. The normalized spacial score (nSPS) is 10.5. The van der Waals surface area contributed by atoms with Gasteiger partial charge in [0.1, 0.15) is 5.75 Å². The van der Waals surface area contributed by atoms with Crippen molar-refractivity contribution in [3.05, 3.63) is 89.0 Å². The van der Waals surface area contributed by atoms with Gasteiger partial charge in [0, 0.05) is 12.1 Å². The molecule has 3 rings (SSSR count). The van der Waals surface area contributed by atoms with Gasteiger partial charge in [-0.1, -0.05) is 60.7 Å². The molecule has 1 N–H and O–H groups in total. The molecular formula is C25H27NO2. The molecule has 0 aliphatic rings. The van der Waals surface area contributed by atoms with E-state index in [0.29, 0.717) is 13.0 Å². The highest BCUT2D eigenvalue weighted by Gasteiger charge is 2.08. The summed E-state index contributed by atoms with van der Waals surface area (Å²) in [7, 11) is 1.69. The van der Waals surface area contributed by atoms with Crippen molar-refractivity contribution in [3.8, 4) is 16.9 Å². The van der Waals surface area contributed by atoms with Crippen LogP contribution < -0.4 is 10.1 Å². The first kappa shape index (κ1) is 19.7. The van der Waals surface area contributed by atoms with E-state index in [1.54, 1.807) is 7.11 Å². The van der Waals surface area contributed by atoms with E-state index < -0.39 is 0 Å². The smallest absolute Gasteiger partial charge is 0.224 e. The predicted molar refractivity (Wildman–Crippen MR) is 115 cm³/mol. The van der Waals surface area contributed by atoms with Crippen molar-refractivity contribution in [1.29, 1.82) is 0 Å². The van der Waals surface area contributed by atoms with Crippen LogP contribution in [0.25, 0.3) is 11.1 Å². The summed E-state index contributed by atoms with van der Waals surface area (Å²) in [6.07, 6.45) is 1.18. The average Bonchev–Trinajstić information content (AvgIpc) is 2.71. The van der Waals surface area contributed by atoms with E-state index >= 15 is 0 Å². The molecule has 28 heavy (non-hydrogen) atoms. The minimum absolute atomic E-state index is 0.0520. The summed E-state index contributed by atoms with van der Waals surface area (Å²) in [5.41, 5.74) is 6.86. The Labute approximate surface area is 167 Å². The van der Waals surface area contributed by atoms with Crippen LogP contribution in [0.5, 0.6) is 5.75 Å². The predicted octanol–water partition coefficient (Wildman–Crippen LogP) is 4.88. The van der Waals surface area contributed by atoms with Crippen molar-refractivity contribution in [2.45, 2.75) is 26.7 Å². The summed E-state index contributed by atoms with van der Waals surface area (Å²) in [6.45, 7) is 4.76. The van der Waals surface area contributed by atoms with E-state index in [-0.39, 0.29) is 5.91 Å². The van der Waals surface area contributed by atoms with Gasteiger partial charge in [0.05, 0.1) is 13.5 Å². The molecule has 0 spiro atoms. The molecule has 3 nitrogen and oxygen atoms in total. The fraction of sp³-hybridized carbons (Fsp3) is 0.240. The average molecular weight is 373 g/mol. The molecular weight excluding hydrogens is 346 g/mol. The van der Waals surface area contributed by atoms with Crippen LogP contribution in [-0.2, 0) is 17.6 Å². The molecule has 1 amide bonds. The van der Waals surface area contributed by atoms with Crippen molar-refractivity contribution in [2.75, 3.05) is 13.7 Å². The van der Waals surface area contributed by atoms with Gasteiger partial charge in [-0.05, 0) is 54.2 Å². The molecule has 0 aromatic heterocycles. The number of nitrogens with one attached hydrogen (secondary N) is 1. The standard InChI is InChI=1S/C25H27NO2/c1-18-9-10-21(15-19(18)2)17-25(27)26-14-13-20-11-12-23(24(16-20)28-3)22-7-5-4-6-8-22/h4-12,15-16H,13-14,17H2,1-3H3,(H,26,27). The molecule has 0 heterocycles. The molecule has 3 aromatic carbocycles. The van der Waals surface area contributed by atoms with Gasteiger partial charge in [-0.25, -0.2) is 0 Å². The van der Waals surface area contributed by atoms with Crippen LogP contribution in [0.1, 0.15) is 22.3 Å². The van der Waals surface area contributed by atoms with Gasteiger partial charge in [0.25, 0.3) is 0 Å². The number of benzene rings is 3. The highest BCUT2D eigenvalue weighted by Crippen LogP contribution is 2.30. The van der Waals surface area contributed by atoms with Crippen LogP contribution >= 0.6 is 0 Å². The zero-order chi connectivity index (χ0) is 19.9. The van der Waals surface area contributed by atoms with Crippen LogP contribution in [-0.4, -0.2) is 19.6 Å². The van der Waals surface area contributed by atoms with E-state index in [9.17, 15) is 4.79 Å². The first-order valence-electron chi connectivity index (χ1n) is 9.62. The summed E-state index contributed by atoms with van der Waals surface area (Å²) in [4.78, 5) is 12.2. The highest BCUT2D eigenvalue weighted by atomic mass is 16.5. The number of methoxy groups -OCH3 is 1. The Balaban J connectivity index is 1.57. The molecule has 0 aliphatic carbocycles. The highest BCUT2D eigenvalue weighted by molar-refractivity contribution is 5.78. The van der Waals surface area contributed by atoms with Crippen LogP contribution in [0.2, 0.25) is 0 Å². The van der Waals surface area contributed by atoms with Gasteiger partial charge in [-0.3, -0.25) is 4.79 Å². The Morgan fingerprint density at radius 3 is 2.36 bits per heavy atom. The lowest BCUT2D eigenvalue weighted by Gasteiger charge is -2.12. The van der Waals surface area contributed by atoms with E-state index in [4.69, 9.17) is 4.74 Å². The first-order chi connectivity index (χ1) is 13.6. The fourth-order valence-corrected chi connectivity index (χ4v) is 3.25. The molecule has 3 aromatic rings. The Morgan fingerprint density at radius 1 is 0.893 bits per heavy atom. The van der Waals surface area contributed by atoms with Crippen molar-refractivity contribution in [2.24, 2.45) is 0 Å². The first-order valence-corrected chi connectivity index (χ1v) is 9.62. The maximum absolute atomic E-state index is 12.2. The van der Waals surface area contributed by atoms with Crippen LogP contribution in [0.3, 0.4) is 0 Å². The molecule has 0 unspecified atom stereocenters. The van der Waals surface area contributed by atoms with Crippen LogP contribution in [0.15, 0.2) is 66.7 Å². The number of amides is 1. The number of aryl methyl sites for hydroxylation is 2. The SMILES string of the molecule is COc1cc(CCNC(=O)Cc2ccc(C)c(C)c2)ccc1-c1ccccc1. The van der Waals surface area contributed by atoms with Crippen LogP contribution in [0.4, 0.5) is 0 Å². The number of hydrogen-bond donors (Lipinski definition) is 1. The monoisotopic (exact) mass is 373 g/mol. The van der Waals surface area contributed by atoms with Gasteiger partial charge < -0.3 is 10.1 Å². The molecule has 0 saturated carbocycles. The summed E-state index contributed by atoms with van der Waals surface area (Å²) in [5.74, 6) is 0.904. The third kappa shape index (κ3) is 5.01. The number of ether oxygens (including phenoxy) is 1. The Morgan fingerprint density at radius 2 is 1.64 bits per heavy atom. The van der Waals surface area contributed by atoms with Gasteiger partial charge in [-0.15, -0.1) is 0 Å². The van der Waals surface area contributed by atoms with E-state index in [1.165, 1.54) is 11.1 Å². The van der Waals surface area contributed by atoms with E-state index in [0.717, 1.165) is 34.4 Å². The summed E-state index contributed by atoms with van der Waals surface area (Å²) in [5, 5.41) is 3.02. The number of hydrogen-bond acceptors (Lipinski definition) is 2. The number of rotatable bonds is 7. The molecule has 0 saturated heterocycles. The Kier molecular flexibility index (Phi) is 6.49. The van der Waals surface area contributed by atoms with E-state index in [2.05, 4.69) is 61.6 Å². The molecule has 0 aliphatic heterocycles. The largest absolute Gasteiger partial charge is 0.496 e. The zero-order valence-electron chi connectivity index (χ0n) is 16.8. The Bertz CT molecular complexity index is 948. The van der Waals surface area contributed by atoms with Crippen LogP contribution in [0, 0.1) is 13.8 Å². The number of carbonyl (C=O) groups is 1. The third-order valence-corrected chi connectivity index (χ3v) is 5.02. The van der Waals surface area contributed by atoms with Gasteiger partial charge in [-0.2, -0.15) is 0 Å². The topological polar surface area (TPSA) is 38.3 Å². The lowest BCUT2D eigenvalue weighted by atomic mass is 10.0. The van der Waals surface area contributed by atoms with Crippen molar-refractivity contribution >= 4 is 5.91 Å². The lowest BCUT2D eigenvalue weighted by molar-refractivity contribution is -0.120. The second kappa shape index (κ2) is 9.23. The second-order valence-electron chi connectivity index (χ2n) is 7.10. The van der Waals surface area contributed by atoms with Gasteiger partial charge in [0.2, 0.25) is 5.91 Å². The third-order valence-electron chi connectivity index (χ3n) is 5.02. The molecule has 3 heteroatoms. The molecule has 0 bridgehead atoms. The molecule has 0 atom stereocenters. The molecule has 144 valence electrons. The maximum Gasteiger partial charge on any atom is 0.224 e. The molecule has 0 radical (unpaired) electrons. The quantitative estimate of drug-likeness (QED) is 0.641. The van der Waals surface area contributed by atoms with Crippen molar-refractivity contribution in [3.63, 3.8) is 0 Å². The fourth-order valence-electron chi connectivity index (χ4n) is 3.25.